The van der Waals surface area contributed by atoms with Gasteiger partial charge in [-0.15, -0.1) is 0 Å². The molecule has 1 aliphatic heterocycles. The predicted molar refractivity (Wildman–Crippen MR) is 45.7 cm³/mol. The van der Waals surface area contributed by atoms with Gasteiger partial charge in [0.05, 0.1) is 12.6 Å². The van der Waals surface area contributed by atoms with Gasteiger partial charge in [0.2, 0.25) is 5.91 Å². The summed E-state index contributed by atoms with van der Waals surface area (Å²) in [4.78, 5) is 14.6. The normalized spacial score (nSPS) is 18.3. The van der Waals surface area contributed by atoms with E-state index in [-0.39, 0.29) is 5.91 Å². The van der Waals surface area contributed by atoms with Crippen molar-refractivity contribution in [1.29, 1.82) is 5.26 Å². The molecule has 0 aromatic heterocycles. The van der Waals surface area contributed by atoms with Gasteiger partial charge >= 0.3 is 0 Å². The van der Waals surface area contributed by atoms with Crippen LogP contribution in [0.3, 0.4) is 0 Å². The summed E-state index contributed by atoms with van der Waals surface area (Å²) in [5, 5.41) is 17.0. The average Bonchev–Trinajstić information content (AvgIpc) is 2.18. The van der Waals surface area contributed by atoms with Crippen LogP contribution < -0.4 is 0 Å². The van der Waals surface area contributed by atoms with Gasteiger partial charge in [-0.1, -0.05) is 0 Å². The molecule has 1 saturated heterocycles. The van der Waals surface area contributed by atoms with E-state index in [2.05, 4.69) is 6.07 Å². The van der Waals surface area contributed by atoms with Crippen LogP contribution in [0, 0.1) is 11.3 Å². The Balaban J connectivity index is 2.31. The maximum Gasteiger partial charge on any atom is 0.248 e. The fraction of sp³-hybridized carbons (Fsp3) is 0.750. The number of amides is 1. The summed E-state index contributed by atoms with van der Waals surface area (Å²) in [5.74, 6) is -0.225. The van der Waals surface area contributed by atoms with Crippen molar-refractivity contribution in [3.63, 3.8) is 0 Å². The molecular formula is C8H13N3O2. The number of aliphatic hydroxyl groups is 1. The lowest BCUT2D eigenvalue weighted by atomic mass is 10.3. The van der Waals surface area contributed by atoms with E-state index in [9.17, 15) is 4.79 Å². The van der Waals surface area contributed by atoms with E-state index in [1.807, 2.05) is 4.90 Å². The summed E-state index contributed by atoms with van der Waals surface area (Å²) < 4.78 is 0. The molecule has 5 heteroatoms. The molecular weight excluding hydrogens is 170 g/mol. The minimum Gasteiger partial charge on any atom is -0.387 e. The van der Waals surface area contributed by atoms with Crippen molar-refractivity contribution < 1.29 is 9.90 Å². The number of aliphatic hydroxyl groups excluding tert-OH is 1. The Labute approximate surface area is 77.2 Å². The zero-order valence-corrected chi connectivity index (χ0v) is 7.44. The first-order valence-electron chi connectivity index (χ1n) is 4.26. The monoisotopic (exact) mass is 183 g/mol. The molecule has 0 aromatic rings. The number of carbonyl (C=O) groups is 1. The highest BCUT2D eigenvalue weighted by molar-refractivity contribution is 5.77. The maximum absolute atomic E-state index is 11.0. The molecule has 0 aromatic carbocycles. The van der Waals surface area contributed by atoms with Crippen LogP contribution in [0.25, 0.3) is 0 Å². The number of hydrogen-bond acceptors (Lipinski definition) is 4. The van der Waals surface area contributed by atoms with Crippen LogP contribution in [0.4, 0.5) is 0 Å². The summed E-state index contributed by atoms with van der Waals surface area (Å²) in [6.07, 6.45) is 0. The Morgan fingerprint density at radius 3 is 2.46 bits per heavy atom. The van der Waals surface area contributed by atoms with Crippen molar-refractivity contribution in [3.05, 3.63) is 0 Å². The van der Waals surface area contributed by atoms with Gasteiger partial charge in [-0.3, -0.25) is 9.69 Å². The third-order valence-electron chi connectivity index (χ3n) is 2.15. The first-order valence-corrected chi connectivity index (χ1v) is 4.26. The van der Waals surface area contributed by atoms with E-state index >= 15 is 0 Å². The van der Waals surface area contributed by atoms with Crippen molar-refractivity contribution in [3.8, 4) is 6.07 Å². The maximum atomic E-state index is 11.0. The van der Waals surface area contributed by atoms with E-state index in [0.717, 1.165) is 13.1 Å². The Hall–Kier alpha value is -1.12. The molecule has 0 bridgehead atoms. The van der Waals surface area contributed by atoms with E-state index in [1.54, 1.807) is 4.90 Å². The lowest BCUT2D eigenvalue weighted by Crippen LogP contribution is -2.49. The Bertz CT molecular complexity index is 216. The van der Waals surface area contributed by atoms with Crippen LogP contribution in [0.5, 0.6) is 0 Å². The van der Waals surface area contributed by atoms with Crippen LogP contribution in [0.2, 0.25) is 0 Å². The zero-order chi connectivity index (χ0) is 9.68. The third-order valence-corrected chi connectivity index (χ3v) is 2.15. The summed E-state index contributed by atoms with van der Waals surface area (Å²) >= 11 is 0. The molecule has 1 amide bonds. The van der Waals surface area contributed by atoms with E-state index in [4.69, 9.17) is 10.4 Å². The molecule has 5 nitrogen and oxygen atoms in total. The molecule has 13 heavy (non-hydrogen) atoms. The average molecular weight is 183 g/mol. The van der Waals surface area contributed by atoms with Crippen LogP contribution in [0.1, 0.15) is 0 Å². The predicted octanol–water partition coefficient (Wildman–Crippen LogP) is -1.35. The van der Waals surface area contributed by atoms with Gasteiger partial charge in [0.1, 0.15) is 6.61 Å². The van der Waals surface area contributed by atoms with Crippen molar-refractivity contribution in [2.75, 3.05) is 39.3 Å². The van der Waals surface area contributed by atoms with Gasteiger partial charge in [-0.25, -0.2) is 0 Å². The second-order valence-corrected chi connectivity index (χ2v) is 2.97. The number of nitriles is 1. The fourth-order valence-electron chi connectivity index (χ4n) is 1.36. The van der Waals surface area contributed by atoms with Gasteiger partial charge in [0.25, 0.3) is 0 Å². The first-order chi connectivity index (χ1) is 6.27. The molecule has 1 N–H and O–H groups in total. The van der Waals surface area contributed by atoms with Crippen molar-refractivity contribution >= 4 is 5.91 Å². The highest BCUT2D eigenvalue weighted by Gasteiger charge is 2.19. The molecule has 1 heterocycles. The Morgan fingerprint density at radius 1 is 1.38 bits per heavy atom. The van der Waals surface area contributed by atoms with E-state index in [0.29, 0.717) is 19.6 Å². The number of rotatable bonds is 2. The first kappa shape index (κ1) is 9.96. The van der Waals surface area contributed by atoms with Gasteiger partial charge in [0, 0.05) is 26.2 Å². The zero-order valence-electron chi connectivity index (χ0n) is 7.44. The molecule has 0 spiro atoms. The lowest BCUT2D eigenvalue weighted by Gasteiger charge is -2.32. The SMILES string of the molecule is N#CCN1CCN(C(=O)CO)CC1. The molecule has 0 aliphatic carbocycles. The number of piperazine rings is 1. The minimum absolute atomic E-state index is 0.225. The summed E-state index contributed by atoms with van der Waals surface area (Å²) in [7, 11) is 0. The van der Waals surface area contributed by atoms with Gasteiger partial charge < -0.3 is 10.0 Å². The van der Waals surface area contributed by atoms with Crippen LogP contribution in [-0.2, 0) is 4.79 Å². The molecule has 0 radical (unpaired) electrons. The van der Waals surface area contributed by atoms with Crippen molar-refractivity contribution in [2.24, 2.45) is 0 Å². The summed E-state index contributed by atoms with van der Waals surface area (Å²) in [5.41, 5.74) is 0. The second kappa shape index (κ2) is 4.80. The number of nitrogens with zero attached hydrogens (tertiary/aromatic N) is 3. The van der Waals surface area contributed by atoms with E-state index in [1.165, 1.54) is 0 Å². The number of carbonyl (C=O) groups excluding carboxylic acids is 1. The van der Waals surface area contributed by atoms with Gasteiger partial charge in [-0.05, 0) is 0 Å². The fourth-order valence-corrected chi connectivity index (χ4v) is 1.36. The van der Waals surface area contributed by atoms with Gasteiger partial charge in [0.15, 0.2) is 0 Å². The minimum atomic E-state index is -0.418. The topological polar surface area (TPSA) is 67.6 Å². The second-order valence-electron chi connectivity index (χ2n) is 2.97. The quantitative estimate of drug-likeness (QED) is 0.537. The molecule has 1 aliphatic rings. The molecule has 0 atom stereocenters. The van der Waals surface area contributed by atoms with Crippen LogP contribution in [0.15, 0.2) is 0 Å². The molecule has 1 rings (SSSR count). The van der Waals surface area contributed by atoms with E-state index < -0.39 is 6.61 Å². The number of hydrogen-bond donors (Lipinski definition) is 1. The summed E-state index contributed by atoms with van der Waals surface area (Å²) in [6.45, 7) is 2.67. The van der Waals surface area contributed by atoms with Gasteiger partial charge in [-0.2, -0.15) is 5.26 Å². The van der Waals surface area contributed by atoms with Crippen molar-refractivity contribution in [1.82, 2.24) is 9.80 Å². The standard InChI is InChI=1S/C8H13N3O2/c9-1-2-10-3-5-11(6-4-10)8(13)7-12/h12H,2-7H2. The van der Waals surface area contributed by atoms with Crippen LogP contribution >= 0.6 is 0 Å². The smallest absolute Gasteiger partial charge is 0.248 e. The molecule has 72 valence electrons. The Kier molecular flexibility index (Phi) is 3.68. The Morgan fingerprint density at radius 2 is 2.00 bits per heavy atom. The largest absolute Gasteiger partial charge is 0.387 e. The van der Waals surface area contributed by atoms with Crippen LogP contribution in [-0.4, -0.2) is 60.1 Å². The lowest BCUT2D eigenvalue weighted by molar-refractivity contribution is -0.135. The summed E-state index contributed by atoms with van der Waals surface area (Å²) in [6, 6.07) is 2.07. The highest BCUT2D eigenvalue weighted by atomic mass is 16.3. The molecule has 1 fully saturated rings. The highest BCUT2D eigenvalue weighted by Crippen LogP contribution is 2.00. The third kappa shape index (κ3) is 2.68. The van der Waals surface area contributed by atoms with Crippen molar-refractivity contribution in [2.45, 2.75) is 0 Å². The molecule has 0 unspecified atom stereocenters. The molecule has 0 saturated carbocycles.